The average molecular weight is 298 g/mol. The van der Waals surface area contributed by atoms with Crippen LogP contribution < -0.4 is 5.73 Å². The van der Waals surface area contributed by atoms with E-state index in [1.165, 1.54) is 11.3 Å². The lowest BCUT2D eigenvalue weighted by Gasteiger charge is -2.15. The predicted molar refractivity (Wildman–Crippen MR) is 74.4 cm³/mol. The van der Waals surface area contributed by atoms with Gasteiger partial charge >= 0.3 is 0 Å². The van der Waals surface area contributed by atoms with Gasteiger partial charge in [0.2, 0.25) is 0 Å². The fourth-order valence-electron chi connectivity index (χ4n) is 1.86. The van der Waals surface area contributed by atoms with Crippen molar-refractivity contribution in [2.75, 3.05) is 19.6 Å². The molecule has 7 heteroatoms. The Morgan fingerprint density at radius 1 is 1.65 bits per heavy atom. The molecule has 1 unspecified atom stereocenters. The summed E-state index contributed by atoms with van der Waals surface area (Å²) in [6.45, 7) is 4.18. The van der Waals surface area contributed by atoms with Crippen molar-refractivity contribution in [3.05, 3.63) is 16.1 Å². The summed E-state index contributed by atoms with van der Waals surface area (Å²) in [6.07, 6.45) is 1.03. The van der Waals surface area contributed by atoms with Crippen LogP contribution in [0.1, 0.15) is 21.8 Å². The van der Waals surface area contributed by atoms with Crippen LogP contribution in [0.4, 0.5) is 0 Å². The molecule has 17 heavy (non-hydrogen) atoms. The van der Waals surface area contributed by atoms with Crippen molar-refractivity contribution in [2.45, 2.75) is 13.3 Å². The predicted octanol–water partition coefficient (Wildman–Crippen LogP) is 1.72. The maximum atomic E-state index is 12.0. The van der Waals surface area contributed by atoms with Crippen LogP contribution in [0.5, 0.6) is 0 Å². The Balaban J connectivity index is 0.00000128. The molecule has 0 aliphatic carbocycles. The van der Waals surface area contributed by atoms with E-state index in [1.54, 1.807) is 5.51 Å². The normalized spacial score (nSPS) is 18.5. The van der Waals surface area contributed by atoms with E-state index in [2.05, 4.69) is 4.98 Å². The smallest absolute Gasteiger partial charge is 0.265 e. The van der Waals surface area contributed by atoms with E-state index in [9.17, 15) is 4.79 Å². The molecule has 1 aromatic heterocycles. The van der Waals surface area contributed by atoms with Crippen LogP contribution in [-0.2, 0) is 0 Å². The Labute approximate surface area is 117 Å². The number of aryl methyl sites for hydroxylation is 1. The number of aromatic nitrogens is 1. The average Bonchev–Trinajstić information content (AvgIpc) is 2.84. The van der Waals surface area contributed by atoms with Gasteiger partial charge in [-0.3, -0.25) is 4.79 Å². The van der Waals surface area contributed by atoms with Gasteiger partial charge in [-0.05, 0) is 25.8 Å². The molecule has 0 bridgehead atoms. The fourth-order valence-corrected chi connectivity index (χ4v) is 2.63. The van der Waals surface area contributed by atoms with Crippen molar-refractivity contribution in [3.63, 3.8) is 0 Å². The van der Waals surface area contributed by atoms with E-state index in [0.29, 0.717) is 12.5 Å². The molecular formula is C10H17Cl2N3OS. The van der Waals surface area contributed by atoms with E-state index in [-0.39, 0.29) is 30.7 Å². The molecule has 4 nitrogen and oxygen atoms in total. The number of hydrogen-bond acceptors (Lipinski definition) is 4. The monoisotopic (exact) mass is 297 g/mol. The zero-order valence-electron chi connectivity index (χ0n) is 9.59. The molecule has 2 heterocycles. The third-order valence-corrected chi connectivity index (χ3v) is 3.76. The first-order valence-electron chi connectivity index (χ1n) is 5.11. The molecule has 98 valence electrons. The molecule has 1 saturated heterocycles. The summed E-state index contributed by atoms with van der Waals surface area (Å²) >= 11 is 1.42. The molecule has 0 aromatic carbocycles. The number of thiazole rings is 1. The van der Waals surface area contributed by atoms with Crippen LogP contribution in [0.15, 0.2) is 5.51 Å². The second-order valence-corrected chi connectivity index (χ2v) is 4.76. The second-order valence-electron chi connectivity index (χ2n) is 3.91. The van der Waals surface area contributed by atoms with Crippen LogP contribution in [0.2, 0.25) is 0 Å². The Bertz CT molecular complexity index is 372. The van der Waals surface area contributed by atoms with Gasteiger partial charge in [0.25, 0.3) is 5.91 Å². The summed E-state index contributed by atoms with van der Waals surface area (Å²) in [5.41, 5.74) is 8.15. The van der Waals surface area contributed by atoms with Gasteiger partial charge in [-0.2, -0.15) is 0 Å². The van der Waals surface area contributed by atoms with Crippen molar-refractivity contribution >= 4 is 42.1 Å². The first-order valence-corrected chi connectivity index (χ1v) is 5.99. The topological polar surface area (TPSA) is 59.2 Å². The first-order chi connectivity index (χ1) is 7.22. The van der Waals surface area contributed by atoms with E-state index >= 15 is 0 Å². The quantitative estimate of drug-likeness (QED) is 0.904. The van der Waals surface area contributed by atoms with Crippen LogP contribution in [0, 0.1) is 12.8 Å². The van der Waals surface area contributed by atoms with Crippen molar-refractivity contribution in [2.24, 2.45) is 11.7 Å². The highest BCUT2D eigenvalue weighted by molar-refractivity contribution is 7.11. The van der Waals surface area contributed by atoms with Gasteiger partial charge in [0, 0.05) is 13.1 Å². The molecule has 1 amide bonds. The first kappa shape index (κ1) is 16.6. The number of likely N-dealkylation sites (tertiary alicyclic amines) is 1. The fraction of sp³-hybridized carbons (Fsp3) is 0.600. The van der Waals surface area contributed by atoms with E-state index < -0.39 is 0 Å². The molecular weight excluding hydrogens is 281 g/mol. The highest BCUT2D eigenvalue weighted by atomic mass is 35.5. The zero-order chi connectivity index (χ0) is 10.8. The lowest BCUT2D eigenvalue weighted by molar-refractivity contribution is 0.0791. The Hall–Kier alpha value is -0.360. The van der Waals surface area contributed by atoms with Crippen LogP contribution in [-0.4, -0.2) is 35.4 Å². The maximum Gasteiger partial charge on any atom is 0.265 e. The number of carbonyl (C=O) groups is 1. The molecule has 1 aromatic rings. The molecule has 0 radical (unpaired) electrons. The Kier molecular flexibility index (Phi) is 7.01. The highest BCUT2D eigenvalue weighted by Crippen LogP contribution is 2.21. The summed E-state index contributed by atoms with van der Waals surface area (Å²) in [7, 11) is 0. The number of halogens is 2. The third kappa shape index (κ3) is 3.55. The van der Waals surface area contributed by atoms with Gasteiger partial charge in [0.1, 0.15) is 4.88 Å². The summed E-state index contributed by atoms with van der Waals surface area (Å²) in [4.78, 5) is 18.8. The number of rotatable bonds is 2. The van der Waals surface area contributed by atoms with Crippen LogP contribution in [0.25, 0.3) is 0 Å². The van der Waals surface area contributed by atoms with Gasteiger partial charge in [-0.25, -0.2) is 4.98 Å². The van der Waals surface area contributed by atoms with Gasteiger partial charge in [0.05, 0.1) is 11.2 Å². The lowest BCUT2D eigenvalue weighted by atomic mass is 10.1. The minimum Gasteiger partial charge on any atom is -0.338 e. The second kappa shape index (κ2) is 7.16. The Morgan fingerprint density at radius 3 is 2.82 bits per heavy atom. The van der Waals surface area contributed by atoms with Gasteiger partial charge < -0.3 is 10.6 Å². The third-order valence-electron chi connectivity index (χ3n) is 2.85. The van der Waals surface area contributed by atoms with E-state index in [4.69, 9.17) is 5.73 Å². The molecule has 1 aliphatic heterocycles. The number of amides is 1. The zero-order valence-corrected chi connectivity index (χ0v) is 12.0. The summed E-state index contributed by atoms with van der Waals surface area (Å²) in [6, 6.07) is 0. The number of hydrogen-bond donors (Lipinski definition) is 1. The van der Waals surface area contributed by atoms with Crippen LogP contribution >= 0.6 is 36.2 Å². The van der Waals surface area contributed by atoms with Gasteiger partial charge in [0.15, 0.2) is 0 Å². The lowest BCUT2D eigenvalue weighted by Crippen LogP contribution is -2.29. The molecule has 1 fully saturated rings. The number of nitrogens with two attached hydrogens (primary N) is 1. The van der Waals surface area contributed by atoms with Crippen molar-refractivity contribution in [1.82, 2.24) is 9.88 Å². The SMILES string of the molecule is Cc1ncsc1C(=O)N1CCC(CN)C1.Cl.Cl. The number of carbonyl (C=O) groups excluding carboxylic acids is 1. The van der Waals surface area contributed by atoms with Gasteiger partial charge in [-0.15, -0.1) is 36.2 Å². The molecule has 2 N–H and O–H groups in total. The minimum absolute atomic E-state index is 0. The van der Waals surface area contributed by atoms with Crippen molar-refractivity contribution in [3.8, 4) is 0 Å². The van der Waals surface area contributed by atoms with Crippen LogP contribution in [0.3, 0.4) is 0 Å². The molecule has 1 aliphatic rings. The van der Waals surface area contributed by atoms with Crippen molar-refractivity contribution in [1.29, 1.82) is 0 Å². The summed E-state index contributed by atoms with van der Waals surface area (Å²) in [5, 5.41) is 0. The van der Waals surface area contributed by atoms with Gasteiger partial charge in [-0.1, -0.05) is 0 Å². The molecule has 0 saturated carbocycles. The summed E-state index contributed by atoms with van der Waals surface area (Å²) in [5.74, 6) is 0.591. The number of nitrogens with zero attached hydrogens (tertiary/aromatic N) is 2. The molecule has 2 rings (SSSR count). The molecule has 1 atom stereocenters. The summed E-state index contributed by atoms with van der Waals surface area (Å²) < 4.78 is 0. The maximum absolute atomic E-state index is 12.0. The van der Waals surface area contributed by atoms with Crippen molar-refractivity contribution < 1.29 is 4.79 Å². The van der Waals surface area contributed by atoms with E-state index in [1.807, 2.05) is 11.8 Å². The minimum atomic E-state index is 0. The standard InChI is InChI=1S/C10H15N3OS.2ClH/c1-7-9(15-6-12-7)10(14)13-3-2-8(4-11)5-13;;/h6,8H,2-5,11H2,1H3;2*1H. The Morgan fingerprint density at radius 2 is 2.35 bits per heavy atom. The highest BCUT2D eigenvalue weighted by Gasteiger charge is 2.27. The largest absolute Gasteiger partial charge is 0.338 e. The van der Waals surface area contributed by atoms with E-state index in [0.717, 1.165) is 30.1 Å². The molecule has 0 spiro atoms.